The van der Waals surface area contributed by atoms with Crippen LogP contribution in [0.25, 0.3) is 0 Å². The molecule has 0 saturated heterocycles. The summed E-state index contributed by atoms with van der Waals surface area (Å²) >= 11 is 0. The topological polar surface area (TPSA) is 97.0 Å². The molecule has 0 fully saturated rings. The Balaban J connectivity index is 1.95. The van der Waals surface area contributed by atoms with Crippen molar-refractivity contribution in [3.8, 4) is 0 Å². The number of carboxylic acids is 1. The average Bonchev–Trinajstić information content (AvgIpc) is 2.85. The maximum Gasteiger partial charge on any atom is 0.339 e. The van der Waals surface area contributed by atoms with E-state index < -0.39 is 5.97 Å². The van der Waals surface area contributed by atoms with Gasteiger partial charge >= 0.3 is 5.97 Å². The number of carboxylic acid groups (broad SMARTS) is 1. The van der Waals surface area contributed by atoms with E-state index in [1.807, 2.05) is 9.47 Å². The molecule has 0 unspecified atom stereocenters. The van der Waals surface area contributed by atoms with E-state index in [0.717, 1.165) is 5.82 Å². The summed E-state index contributed by atoms with van der Waals surface area (Å²) in [6.45, 7) is 1.85. The molecule has 0 saturated carbocycles. The van der Waals surface area contributed by atoms with Gasteiger partial charge in [0.05, 0.1) is 12.7 Å². The number of anilines is 1. The van der Waals surface area contributed by atoms with Crippen LogP contribution in [0.4, 0.5) is 5.82 Å². The van der Waals surface area contributed by atoms with Crippen molar-refractivity contribution in [2.24, 2.45) is 0 Å². The van der Waals surface area contributed by atoms with Crippen molar-refractivity contribution in [3.63, 3.8) is 0 Å². The van der Waals surface area contributed by atoms with E-state index in [4.69, 9.17) is 5.11 Å². The lowest BCUT2D eigenvalue weighted by Gasteiger charge is -2.28. The predicted molar refractivity (Wildman–Crippen MR) is 60.1 cm³/mol. The molecule has 8 nitrogen and oxygen atoms in total. The van der Waals surface area contributed by atoms with E-state index in [2.05, 4.69) is 20.4 Å². The molecule has 8 heteroatoms. The first-order valence-corrected chi connectivity index (χ1v) is 5.42. The van der Waals surface area contributed by atoms with Gasteiger partial charge in [-0.3, -0.25) is 0 Å². The maximum absolute atomic E-state index is 11.1. The van der Waals surface area contributed by atoms with Crippen molar-refractivity contribution < 1.29 is 9.90 Å². The van der Waals surface area contributed by atoms with Crippen molar-refractivity contribution >= 4 is 11.8 Å². The third kappa shape index (κ3) is 1.67. The Kier molecular flexibility index (Phi) is 2.40. The van der Waals surface area contributed by atoms with E-state index in [0.29, 0.717) is 25.5 Å². The minimum absolute atomic E-state index is 0.151. The van der Waals surface area contributed by atoms with Crippen LogP contribution in [-0.2, 0) is 13.1 Å². The van der Waals surface area contributed by atoms with Crippen molar-refractivity contribution in [1.29, 1.82) is 0 Å². The number of nitrogens with zero attached hydrogens (tertiary/aromatic N) is 6. The van der Waals surface area contributed by atoms with Gasteiger partial charge in [-0.1, -0.05) is 0 Å². The first kappa shape index (κ1) is 10.6. The average molecular weight is 246 g/mol. The van der Waals surface area contributed by atoms with Crippen LogP contribution in [-0.4, -0.2) is 42.6 Å². The van der Waals surface area contributed by atoms with Gasteiger partial charge < -0.3 is 14.6 Å². The normalized spacial score (nSPS) is 14.3. The van der Waals surface area contributed by atoms with Crippen LogP contribution in [0.2, 0.25) is 0 Å². The fraction of sp³-hybridized carbons (Fsp3) is 0.300. The Hall–Kier alpha value is -2.51. The molecule has 2 aromatic heterocycles. The number of aromatic carboxylic acids is 1. The van der Waals surface area contributed by atoms with Gasteiger partial charge in [0.25, 0.3) is 0 Å². The number of hydrogen-bond acceptors (Lipinski definition) is 6. The van der Waals surface area contributed by atoms with Crippen LogP contribution in [0, 0.1) is 0 Å². The summed E-state index contributed by atoms with van der Waals surface area (Å²) in [4.78, 5) is 13.0. The minimum atomic E-state index is -1.01. The van der Waals surface area contributed by atoms with Crippen LogP contribution in [0.15, 0.2) is 18.6 Å². The molecule has 0 spiro atoms. The van der Waals surface area contributed by atoms with Gasteiger partial charge in [-0.15, -0.1) is 15.3 Å². The molecule has 0 bridgehead atoms. The highest BCUT2D eigenvalue weighted by atomic mass is 16.4. The number of rotatable bonds is 2. The summed E-state index contributed by atoms with van der Waals surface area (Å²) in [5, 5.41) is 24.6. The first-order valence-electron chi connectivity index (χ1n) is 5.42. The second-order valence-corrected chi connectivity index (χ2v) is 3.94. The van der Waals surface area contributed by atoms with Crippen LogP contribution >= 0.6 is 0 Å². The Bertz CT molecular complexity index is 596. The summed E-state index contributed by atoms with van der Waals surface area (Å²) in [5.41, 5.74) is 0.151. The molecule has 0 amide bonds. The quantitative estimate of drug-likeness (QED) is 0.782. The van der Waals surface area contributed by atoms with Crippen LogP contribution in [0.5, 0.6) is 0 Å². The zero-order valence-electron chi connectivity index (χ0n) is 9.39. The summed E-state index contributed by atoms with van der Waals surface area (Å²) in [5.74, 6) is 0.162. The third-order valence-corrected chi connectivity index (χ3v) is 2.87. The standard InChI is InChI=1S/C10H10N6O2/c17-10(18)7-1-2-11-14-9(7)15-3-4-16-6-12-13-8(16)5-15/h1-2,6H,3-5H2,(H,17,18). The summed E-state index contributed by atoms with van der Waals surface area (Å²) in [6, 6.07) is 1.45. The SMILES string of the molecule is O=C(O)c1ccnnc1N1CCn2cnnc2C1. The molecular formula is C10H10N6O2. The molecule has 3 rings (SSSR count). The summed E-state index contributed by atoms with van der Waals surface area (Å²) < 4.78 is 1.94. The van der Waals surface area contributed by atoms with E-state index in [1.165, 1.54) is 12.3 Å². The lowest BCUT2D eigenvalue weighted by molar-refractivity contribution is 0.0697. The Morgan fingerprint density at radius 2 is 2.17 bits per heavy atom. The van der Waals surface area contributed by atoms with Crippen molar-refractivity contribution in [1.82, 2.24) is 25.0 Å². The molecule has 3 heterocycles. The number of carbonyl (C=O) groups is 1. The Morgan fingerprint density at radius 3 is 3.00 bits per heavy atom. The predicted octanol–water partition coefficient (Wildman–Crippen LogP) is -0.214. The molecule has 1 N–H and O–H groups in total. The van der Waals surface area contributed by atoms with Crippen molar-refractivity contribution in [3.05, 3.63) is 30.0 Å². The van der Waals surface area contributed by atoms with Crippen LogP contribution in [0.3, 0.4) is 0 Å². The maximum atomic E-state index is 11.1. The van der Waals surface area contributed by atoms with E-state index in [-0.39, 0.29) is 5.56 Å². The molecule has 1 aliphatic rings. The number of hydrogen-bond donors (Lipinski definition) is 1. The molecule has 0 aromatic carbocycles. The molecule has 92 valence electrons. The molecule has 0 radical (unpaired) electrons. The third-order valence-electron chi connectivity index (χ3n) is 2.87. The van der Waals surface area contributed by atoms with Gasteiger partial charge in [-0.05, 0) is 6.07 Å². The highest BCUT2D eigenvalue weighted by Crippen LogP contribution is 2.20. The zero-order chi connectivity index (χ0) is 12.5. The second-order valence-electron chi connectivity index (χ2n) is 3.94. The monoisotopic (exact) mass is 246 g/mol. The second kappa shape index (κ2) is 4.06. The van der Waals surface area contributed by atoms with Crippen LogP contribution < -0.4 is 4.90 Å². The van der Waals surface area contributed by atoms with Gasteiger partial charge in [0, 0.05) is 13.1 Å². The highest BCUT2D eigenvalue weighted by Gasteiger charge is 2.23. The minimum Gasteiger partial charge on any atom is -0.478 e. The highest BCUT2D eigenvalue weighted by molar-refractivity contribution is 5.93. The number of fused-ring (bicyclic) bond motifs is 1. The molecule has 0 atom stereocenters. The Morgan fingerprint density at radius 1 is 1.28 bits per heavy atom. The summed E-state index contributed by atoms with van der Waals surface area (Å²) in [7, 11) is 0. The molecule has 0 aliphatic carbocycles. The fourth-order valence-corrected chi connectivity index (χ4v) is 1.97. The van der Waals surface area contributed by atoms with Gasteiger partial charge in [-0.2, -0.15) is 5.10 Å². The van der Waals surface area contributed by atoms with Crippen LogP contribution in [0.1, 0.15) is 16.2 Å². The largest absolute Gasteiger partial charge is 0.478 e. The lowest BCUT2D eigenvalue weighted by Crippen LogP contribution is -2.35. The van der Waals surface area contributed by atoms with Crippen molar-refractivity contribution in [2.75, 3.05) is 11.4 Å². The van der Waals surface area contributed by atoms with Gasteiger partial charge in [-0.25, -0.2) is 4.79 Å². The Labute approximate surface area is 102 Å². The first-order chi connectivity index (χ1) is 8.75. The van der Waals surface area contributed by atoms with Crippen molar-refractivity contribution in [2.45, 2.75) is 13.1 Å². The molecule has 18 heavy (non-hydrogen) atoms. The zero-order valence-corrected chi connectivity index (χ0v) is 9.39. The fourth-order valence-electron chi connectivity index (χ4n) is 1.97. The molecule has 2 aromatic rings. The lowest BCUT2D eigenvalue weighted by atomic mass is 10.2. The van der Waals surface area contributed by atoms with E-state index in [1.54, 1.807) is 6.33 Å². The van der Waals surface area contributed by atoms with Gasteiger partial charge in [0.2, 0.25) is 0 Å². The number of aromatic nitrogens is 5. The van der Waals surface area contributed by atoms with Gasteiger partial charge in [0.1, 0.15) is 11.9 Å². The molecule has 1 aliphatic heterocycles. The molecular weight excluding hydrogens is 236 g/mol. The van der Waals surface area contributed by atoms with E-state index >= 15 is 0 Å². The van der Waals surface area contributed by atoms with E-state index in [9.17, 15) is 4.79 Å². The van der Waals surface area contributed by atoms with Gasteiger partial charge in [0.15, 0.2) is 11.6 Å². The smallest absolute Gasteiger partial charge is 0.339 e. The summed E-state index contributed by atoms with van der Waals surface area (Å²) in [6.07, 6.45) is 3.04.